The molecule has 1 heterocycles. The number of esters is 1. The summed E-state index contributed by atoms with van der Waals surface area (Å²) in [5.41, 5.74) is -0.571. The number of tetrazole rings is 1. The van der Waals surface area contributed by atoms with Gasteiger partial charge in [-0.25, -0.2) is 0 Å². The number of aromatic nitrogens is 4. The Labute approximate surface area is 111 Å². The lowest BCUT2D eigenvalue weighted by molar-refractivity contribution is -0.155. The number of aryl methyl sites for hydroxylation is 1. The predicted molar refractivity (Wildman–Crippen MR) is 67.0 cm³/mol. The number of ether oxygens (including phenoxy) is 1. The maximum atomic E-state index is 12.2. The van der Waals surface area contributed by atoms with E-state index in [0.29, 0.717) is 0 Å². The van der Waals surface area contributed by atoms with Gasteiger partial charge in [-0.05, 0) is 17.6 Å². The van der Waals surface area contributed by atoms with Gasteiger partial charge in [0.1, 0.15) is 5.92 Å². The summed E-state index contributed by atoms with van der Waals surface area (Å²) in [7, 11) is 1.58. The third-order valence-corrected chi connectivity index (χ3v) is 2.39. The van der Waals surface area contributed by atoms with Crippen LogP contribution in [-0.4, -0.2) is 38.7 Å². The maximum Gasteiger partial charge on any atom is 0.319 e. The van der Waals surface area contributed by atoms with Gasteiger partial charge >= 0.3 is 5.97 Å². The fourth-order valence-corrected chi connectivity index (χ4v) is 1.60. The fourth-order valence-electron chi connectivity index (χ4n) is 1.60. The van der Waals surface area contributed by atoms with E-state index >= 15 is 0 Å². The first kappa shape index (κ1) is 15.1. The van der Waals surface area contributed by atoms with Crippen LogP contribution in [0.3, 0.4) is 0 Å². The average molecular weight is 269 g/mol. The Morgan fingerprint density at radius 1 is 1.42 bits per heavy atom. The van der Waals surface area contributed by atoms with Crippen LogP contribution in [0.4, 0.5) is 5.95 Å². The molecule has 106 valence electrons. The van der Waals surface area contributed by atoms with Crippen molar-refractivity contribution < 1.29 is 14.3 Å². The maximum absolute atomic E-state index is 12.2. The molecule has 19 heavy (non-hydrogen) atoms. The smallest absolute Gasteiger partial charge is 0.319 e. The Morgan fingerprint density at radius 3 is 2.47 bits per heavy atom. The standard InChI is InChI=1S/C11H19N5O3/c1-6-19-9(18)7(11(2,3)4)8(17)12-10-13-15-16(5)14-10/h7H,6H2,1-5H3,(H,12,14,17). The highest BCUT2D eigenvalue weighted by atomic mass is 16.5. The first-order valence-electron chi connectivity index (χ1n) is 5.97. The molecular weight excluding hydrogens is 250 g/mol. The van der Waals surface area contributed by atoms with Crippen molar-refractivity contribution in [3.8, 4) is 0 Å². The van der Waals surface area contributed by atoms with Crippen molar-refractivity contribution in [1.29, 1.82) is 0 Å². The van der Waals surface area contributed by atoms with Gasteiger partial charge in [-0.3, -0.25) is 14.9 Å². The zero-order valence-corrected chi connectivity index (χ0v) is 11.8. The van der Waals surface area contributed by atoms with Crippen LogP contribution in [0.1, 0.15) is 27.7 Å². The second-order valence-electron chi connectivity index (χ2n) is 5.14. The molecule has 0 saturated carbocycles. The molecule has 0 spiro atoms. The van der Waals surface area contributed by atoms with E-state index in [1.165, 1.54) is 4.80 Å². The third-order valence-electron chi connectivity index (χ3n) is 2.39. The minimum absolute atomic E-state index is 0.0612. The number of amides is 1. The predicted octanol–water partition coefficient (Wildman–Crippen LogP) is 0.374. The summed E-state index contributed by atoms with van der Waals surface area (Å²) in [5.74, 6) is -1.93. The molecule has 1 atom stereocenters. The van der Waals surface area contributed by atoms with Crippen LogP contribution < -0.4 is 5.32 Å². The molecule has 0 saturated heterocycles. The van der Waals surface area contributed by atoms with Crippen molar-refractivity contribution >= 4 is 17.8 Å². The lowest BCUT2D eigenvalue weighted by Gasteiger charge is -2.26. The highest BCUT2D eigenvalue weighted by Crippen LogP contribution is 2.28. The summed E-state index contributed by atoms with van der Waals surface area (Å²) in [5, 5.41) is 13.5. The number of rotatable bonds is 4. The second-order valence-corrected chi connectivity index (χ2v) is 5.14. The number of anilines is 1. The van der Waals surface area contributed by atoms with E-state index in [2.05, 4.69) is 20.7 Å². The summed E-state index contributed by atoms with van der Waals surface area (Å²) < 4.78 is 4.93. The van der Waals surface area contributed by atoms with Crippen molar-refractivity contribution in [3.63, 3.8) is 0 Å². The Hall–Kier alpha value is -1.99. The van der Waals surface area contributed by atoms with Crippen LogP contribution in [0.15, 0.2) is 0 Å². The number of carbonyl (C=O) groups excluding carboxylic acids is 2. The highest BCUT2D eigenvalue weighted by molar-refractivity contribution is 6.04. The van der Waals surface area contributed by atoms with Gasteiger partial charge in [0, 0.05) is 0 Å². The summed E-state index contributed by atoms with van der Waals surface area (Å²) in [4.78, 5) is 25.3. The quantitative estimate of drug-likeness (QED) is 0.626. The van der Waals surface area contributed by atoms with Gasteiger partial charge in [0.2, 0.25) is 5.91 Å². The zero-order valence-electron chi connectivity index (χ0n) is 11.8. The first-order chi connectivity index (χ1) is 8.75. The SMILES string of the molecule is CCOC(=O)C(C(=O)Nc1nnn(C)n1)C(C)(C)C. The van der Waals surface area contributed by atoms with Crippen LogP contribution in [0.5, 0.6) is 0 Å². The fraction of sp³-hybridized carbons (Fsp3) is 0.727. The first-order valence-corrected chi connectivity index (χ1v) is 5.97. The van der Waals surface area contributed by atoms with Crippen LogP contribution in [0.25, 0.3) is 0 Å². The summed E-state index contributed by atoms with van der Waals surface area (Å²) >= 11 is 0. The zero-order chi connectivity index (χ0) is 14.6. The van der Waals surface area contributed by atoms with E-state index in [1.807, 2.05) is 0 Å². The monoisotopic (exact) mass is 269 g/mol. The van der Waals surface area contributed by atoms with Crippen molar-refractivity contribution in [2.75, 3.05) is 11.9 Å². The summed E-state index contributed by atoms with van der Waals surface area (Å²) in [6, 6.07) is 0. The lowest BCUT2D eigenvalue weighted by Crippen LogP contribution is -2.40. The van der Waals surface area contributed by atoms with E-state index in [4.69, 9.17) is 4.74 Å². The molecule has 1 N–H and O–H groups in total. The molecule has 1 aromatic heterocycles. The molecule has 0 aliphatic rings. The van der Waals surface area contributed by atoms with E-state index < -0.39 is 23.2 Å². The molecule has 1 unspecified atom stereocenters. The molecule has 1 rings (SSSR count). The average Bonchev–Trinajstić information content (AvgIpc) is 2.61. The van der Waals surface area contributed by atoms with Crippen molar-refractivity contribution in [1.82, 2.24) is 20.2 Å². The number of nitrogens with zero attached hydrogens (tertiary/aromatic N) is 4. The summed E-state index contributed by atoms with van der Waals surface area (Å²) in [6.07, 6.45) is 0. The molecule has 0 bridgehead atoms. The largest absolute Gasteiger partial charge is 0.465 e. The molecule has 0 fully saturated rings. The molecule has 0 aromatic carbocycles. The minimum Gasteiger partial charge on any atom is -0.465 e. The van der Waals surface area contributed by atoms with Crippen LogP contribution >= 0.6 is 0 Å². The van der Waals surface area contributed by atoms with Gasteiger partial charge in [0.15, 0.2) is 0 Å². The molecular formula is C11H19N5O3. The Balaban J connectivity index is 2.86. The van der Waals surface area contributed by atoms with Gasteiger partial charge in [-0.1, -0.05) is 25.9 Å². The molecule has 0 aliphatic carbocycles. The Kier molecular flexibility index (Phi) is 4.57. The van der Waals surface area contributed by atoms with Crippen LogP contribution in [0.2, 0.25) is 0 Å². The number of nitrogens with one attached hydrogen (secondary N) is 1. The van der Waals surface area contributed by atoms with Gasteiger partial charge in [0.25, 0.3) is 5.95 Å². The van der Waals surface area contributed by atoms with Gasteiger partial charge in [0.05, 0.1) is 13.7 Å². The van der Waals surface area contributed by atoms with Gasteiger partial charge in [-0.2, -0.15) is 4.80 Å². The number of carbonyl (C=O) groups is 2. The van der Waals surface area contributed by atoms with Crippen molar-refractivity contribution in [2.24, 2.45) is 18.4 Å². The molecule has 1 amide bonds. The lowest BCUT2D eigenvalue weighted by atomic mass is 9.80. The van der Waals surface area contributed by atoms with Crippen molar-refractivity contribution in [3.05, 3.63) is 0 Å². The normalized spacial score (nSPS) is 12.9. The highest BCUT2D eigenvalue weighted by Gasteiger charge is 2.39. The number of hydrogen-bond donors (Lipinski definition) is 1. The van der Waals surface area contributed by atoms with Gasteiger partial charge in [-0.15, -0.1) is 5.10 Å². The minimum atomic E-state index is -0.934. The second kappa shape index (κ2) is 5.77. The van der Waals surface area contributed by atoms with E-state index in [-0.39, 0.29) is 12.6 Å². The molecule has 1 aromatic rings. The van der Waals surface area contributed by atoms with E-state index in [1.54, 1.807) is 34.7 Å². The van der Waals surface area contributed by atoms with Gasteiger partial charge < -0.3 is 4.74 Å². The number of hydrogen-bond acceptors (Lipinski definition) is 6. The summed E-state index contributed by atoms with van der Waals surface area (Å²) in [6.45, 7) is 7.29. The molecule has 8 nitrogen and oxygen atoms in total. The third kappa shape index (κ3) is 4.01. The molecule has 0 aliphatic heterocycles. The van der Waals surface area contributed by atoms with E-state index in [0.717, 1.165) is 0 Å². The Morgan fingerprint density at radius 2 is 2.05 bits per heavy atom. The van der Waals surface area contributed by atoms with Crippen LogP contribution in [0, 0.1) is 11.3 Å². The topological polar surface area (TPSA) is 99.0 Å². The molecule has 8 heteroatoms. The van der Waals surface area contributed by atoms with Crippen LogP contribution in [-0.2, 0) is 21.4 Å². The Bertz CT molecular complexity index is 463. The van der Waals surface area contributed by atoms with Crippen molar-refractivity contribution in [2.45, 2.75) is 27.7 Å². The van der Waals surface area contributed by atoms with E-state index in [9.17, 15) is 9.59 Å². The molecule has 0 radical (unpaired) electrons.